The molecule has 0 aromatic heterocycles. The highest BCUT2D eigenvalue weighted by atomic mass is 35.5. The molecule has 0 spiro atoms. The smallest absolute Gasteiger partial charge is 0.359 e. The molecule has 1 fully saturated rings. The molecule has 3 rings (SSSR count). The number of halogens is 2. The fourth-order valence-electron chi connectivity index (χ4n) is 2.82. The molecule has 1 saturated heterocycles. The van der Waals surface area contributed by atoms with Gasteiger partial charge in [0.2, 0.25) is 11.0 Å². The number of nitrogens with zero attached hydrogens (tertiary/aromatic N) is 2. The summed E-state index contributed by atoms with van der Waals surface area (Å²) in [4.78, 5) is 49.9. The number of carbonyl (C=O) groups is 3. The van der Waals surface area contributed by atoms with Gasteiger partial charge in [0, 0.05) is 22.6 Å². The molecule has 190 valence electrons. The van der Waals surface area contributed by atoms with Gasteiger partial charge in [-0.2, -0.15) is 0 Å². The number of nitro groups is 1. The van der Waals surface area contributed by atoms with Crippen LogP contribution in [0.5, 0.6) is 5.75 Å². The van der Waals surface area contributed by atoms with Crippen LogP contribution in [0.2, 0.25) is 5.02 Å². The monoisotopic (exact) mass is 552 g/mol. The summed E-state index contributed by atoms with van der Waals surface area (Å²) in [5.74, 6) is -1.13. The van der Waals surface area contributed by atoms with Crippen LogP contribution >= 0.6 is 35.0 Å². The van der Waals surface area contributed by atoms with Crippen molar-refractivity contribution in [1.82, 2.24) is 4.90 Å². The lowest BCUT2D eigenvalue weighted by molar-refractivity contribution is -0.384. The molecule has 0 saturated carbocycles. The molecule has 0 bridgehead atoms. The molecule has 1 atom stereocenters. The molecular formula is C24H22Cl2N2O7S. The minimum absolute atomic E-state index is 0.00715. The minimum atomic E-state index is -0.953. The van der Waals surface area contributed by atoms with Gasteiger partial charge in [-0.25, -0.2) is 4.79 Å². The number of likely N-dealkylation sites (tertiary alicyclic amines) is 1. The van der Waals surface area contributed by atoms with E-state index in [1.807, 2.05) is 0 Å². The minimum Gasteiger partial charge on any atom is -0.456 e. The molecule has 36 heavy (non-hydrogen) atoms. The normalized spacial score (nSPS) is 16.1. The highest BCUT2D eigenvalue weighted by Crippen LogP contribution is 2.37. The fourth-order valence-corrected chi connectivity index (χ4v) is 4.17. The first-order valence-corrected chi connectivity index (χ1v) is 12.3. The largest absolute Gasteiger partial charge is 0.456 e. The van der Waals surface area contributed by atoms with Gasteiger partial charge >= 0.3 is 5.97 Å². The van der Waals surface area contributed by atoms with E-state index >= 15 is 0 Å². The molecule has 1 aliphatic heterocycles. The average Bonchev–Trinajstić information content (AvgIpc) is 2.81. The van der Waals surface area contributed by atoms with E-state index < -0.39 is 27.7 Å². The standard InChI is InChI=1S/C24H22Cl2N2O7S/c1-24(2,3)23(31)36-22(35-17-10-6-15(25)7-11-17)20(27-18(26)12-19(27)29)21(30)34-13-14-4-8-16(9-5-14)28(32)33/h4-11,18H,12-13H2,1-3H3. The first-order chi connectivity index (χ1) is 16.9. The summed E-state index contributed by atoms with van der Waals surface area (Å²) in [5.41, 5.74) is -1.59. The zero-order valence-corrected chi connectivity index (χ0v) is 21.9. The van der Waals surface area contributed by atoms with Gasteiger partial charge in [0.25, 0.3) is 5.69 Å². The van der Waals surface area contributed by atoms with Gasteiger partial charge in [-0.3, -0.25) is 24.6 Å². The van der Waals surface area contributed by atoms with Crippen LogP contribution in [0.1, 0.15) is 32.8 Å². The van der Waals surface area contributed by atoms with Crippen LogP contribution in [0.15, 0.2) is 59.3 Å². The van der Waals surface area contributed by atoms with Crippen molar-refractivity contribution < 1.29 is 28.8 Å². The van der Waals surface area contributed by atoms with E-state index in [9.17, 15) is 24.5 Å². The summed E-state index contributed by atoms with van der Waals surface area (Å²) >= 11 is 12.8. The Kier molecular flexibility index (Phi) is 8.65. The lowest BCUT2D eigenvalue weighted by Crippen LogP contribution is -2.51. The number of carbonyl (C=O) groups excluding carboxylic acids is 3. The fraction of sp³-hybridized carbons (Fsp3) is 0.292. The third-order valence-corrected chi connectivity index (χ3v) is 6.72. The van der Waals surface area contributed by atoms with Crippen LogP contribution in [-0.4, -0.2) is 32.3 Å². The van der Waals surface area contributed by atoms with Gasteiger partial charge in [0.05, 0.1) is 11.3 Å². The first kappa shape index (κ1) is 27.5. The van der Waals surface area contributed by atoms with Gasteiger partial charge in [0.1, 0.15) is 17.9 Å². The first-order valence-electron chi connectivity index (χ1n) is 10.6. The Morgan fingerprint density at radius 3 is 2.25 bits per heavy atom. The number of esters is 1. The zero-order valence-electron chi connectivity index (χ0n) is 19.5. The van der Waals surface area contributed by atoms with E-state index in [1.165, 1.54) is 24.3 Å². The van der Waals surface area contributed by atoms with Crippen LogP contribution < -0.4 is 4.74 Å². The molecule has 0 aliphatic carbocycles. The van der Waals surface area contributed by atoms with Crippen molar-refractivity contribution in [2.24, 2.45) is 5.41 Å². The molecule has 2 aromatic carbocycles. The van der Waals surface area contributed by atoms with Crippen LogP contribution in [0.3, 0.4) is 0 Å². The lowest BCUT2D eigenvalue weighted by Gasteiger charge is -2.37. The average molecular weight is 553 g/mol. The number of hydrogen-bond acceptors (Lipinski definition) is 8. The predicted octanol–water partition coefficient (Wildman–Crippen LogP) is 5.64. The Labute approximate surface area is 221 Å². The second-order valence-corrected chi connectivity index (χ2v) is 10.6. The molecule has 1 amide bonds. The second kappa shape index (κ2) is 11.3. The summed E-state index contributed by atoms with van der Waals surface area (Å²) in [6, 6.07) is 11.7. The summed E-state index contributed by atoms with van der Waals surface area (Å²) in [7, 11) is 0. The SMILES string of the molecule is CC(C)(C)C(=O)SC(Oc1ccc(Cl)cc1)=C(C(=O)OCc1ccc([N+](=O)[O-])cc1)N1C(=O)CC1Cl. The number of benzene rings is 2. The van der Waals surface area contributed by atoms with Crippen molar-refractivity contribution in [2.45, 2.75) is 39.3 Å². The maximum Gasteiger partial charge on any atom is 0.359 e. The van der Waals surface area contributed by atoms with E-state index in [-0.39, 0.29) is 40.4 Å². The number of alkyl halides is 1. The topological polar surface area (TPSA) is 116 Å². The third kappa shape index (κ3) is 6.77. The number of hydrogen-bond donors (Lipinski definition) is 0. The highest BCUT2D eigenvalue weighted by Gasteiger charge is 2.43. The van der Waals surface area contributed by atoms with Gasteiger partial charge in [-0.05, 0) is 53.7 Å². The zero-order chi connectivity index (χ0) is 26.6. The van der Waals surface area contributed by atoms with E-state index in [4.69, 9.17) is 32.7 Å². The van der Waals surface area contributed by atoms with Crippen LogP contribution in [0.25, 0.3) is 0 Å². The number of β-lactam (4-membered cyclic amide) rings is 1. The number of nitro benzene ring substituents is 1. The molecule has 9 nitrogen and oxygen atoms in total. The van der Waals surface area contributed by atoms with Crippen LogP contribution in [0, 0.1) is 15.5 Å². The summed E-state index contributed by atoms with van der Waals surface area (Å²) in [6.07, 6.45) is -0.00715. The molecule has 2 aromatic rings. The van der Waals surface area contributed by atoms with Crippen molar-refractivity contribution in [2.75, 3.05) is 0 Å². The van der Waals surface area contributed by atoms with Crippen molar-refractivity contribution in [3.05, 3.63) is 80.0 Å². The molecule has 1 heterocycles. The van der Waals surface area contributed by atoms with E-state index in [0.717, 1.165) is 4.90 Å². The maximum atomic E-state index is 13.3. The molecule has 0 N–H and O–H groups in total. The van der Waals surface area contributed by atoms with Gasteiger partial charge in [-0.15, -0.1) is 0 Å². The Bertz CT molecular complexity index is 1210. The van der Waals surface area contributed by atoms with Crippen molar-refractivity contribution >= 4 is 57.6 Å². The molecule has 0 radical (unpaired) electrons. The maximum absolute atomic E-state index is 13.3. The molecule has 12 heteroatoms. The number of ether oxygens (including phenoxy) is 2. The van der Waals surface area contributed by atoms with Crippen molar-refractivity contribution in [1.29, 1.82) is 0 Å². The number of amides is 1. The second-order valence-electron chi connectivity index (χ2n) is 8.73. The van der Waals surface area contributed by atoms with E-state index in [0.29, 0.717) is 22.3 Å². The van der Waals surface area contributed by atoms with Gasteiger partial charge in [0.15, 0.2) is 10.8 Å². The number of rotatable bonds is 8. The quantitative estimate of drug-likeness (QED) is 0.0603. The number of thioether (sulfide) groups is 1. The van der Waals surface area contributed by atoms with Crippen LogP contribution in [-0.2, 0) is 25.7 Å². The summed E-state index contributed by atoms with van der Waals surface area (Å²) in [6.45, 7) is 4.86. The van der Waals surface area contributed by atoms with Crippen molar-refractivity contribution in [3.8, 4) is 5.75 Å². The highest BCUT2D eigenvalue weighted by molar-refractivity contribution is 8.16. The number of non-ortho nitro benzene ring substituents is 1. The molecular weight excluding hydrogens is 531 g/mol. The van der Waals surface area contributed by atoms with Crippen molar-refractivity contribution in [3.63, 3.8) is 0 Å². The molecule has 1 unspecified atom stereocenters. The van der Waals surface area contributed by atoms with Gasteiger partial charge in [-0.1, -0.05) is 44.0 Å². The predicted molar refractivity (Wildman–Crippen MR) is 135 cm³/mol. The Balaban J connectivity index is 1.98. The van der Waals surface area contributed by atoms with Crippen LogP contribution in [0.4, 0.5) is 5.69 Å². The van der Waals surface area contributed by atoms with Gasteiger partial charge < -0.3 is 9.47 Å². The summed E-state index contributed by atoms with van der Waals surface area (Å²) in [5, 5.41) is 10.8. The van der Waals surface area contributed by atoms with E-state index in [2.05, 4.69) is 0 Å². The lowest BCUT2D eigenvalue weighted by atomic mass is 10.00. The third-order valence-electron chi connectivity index (χ3n) is 4.86. The molecule has 1 aliphatic rings. The Morgan fingerprint density at radius 1 is 1.14 bits per heavy atom. The summed E-state index contributed by atoms with van der Waals surface area (Å²) < 4.78 is 11.3. The Morgan fingerprint density at radius 2 is 1.75 bits per heavy atom. The van der Waals surface area contributed by atoms with E-state index in [1.54, 1.807) is 45.0 Å². The Hall–Kier alpha value is -3.08.